The van der Waals surface area contributed by atoms with Crippen molar-refractivity contribution in [1.82, 2.24) is 0 Å². The fourth-order valence-corrected chi connectivity index (χ4v) is 0. The Bertz CT molecular complexity index is 11.6. The van der Waals surface area contributed by atoms with Gasteiger partial charge in [-0.2, -0.15) is 0 Å². The summed E-state index contributed by atoms with van der Waals surface area (Å²) in [6.45, 7) is 0. The fraction of sp³-hybridized carbons (Fsp3) is 1.00. The van der Waals surface area contributed by atoms with Gasteiger partial charge in [0.15, 0.2) is 0 Å². The van der Waals surface area contributed by atoms with E-state index in [1.165, 1.54) is 0 Å². The minimum Gasteiger partial charge on any atom is 1.00 e. The second-order valence-electron chi connectivity index (χ2n) is 1.50. The van der Waals surface area contributed by atoms with E-state index in [2.05, 4.69) is 14.8 Å². The van der Waals surface area contributed by atoms with E-state index in [9.17, 15) is 0 Å². The van der Waals surface area contributed by atoms with Crippen LogP contribution in [-0.2, 0) is 0 Å². The van der Waals surface area contributed by atoms with E-state index in [4.69, 9.17) is 0 Å². The largest absolute Gasteiger partial charge is 1.00 e. The van der Waals surface area contributed by atoms with Crippen LogP contribution >= 0.6 is 0 Å². The molecule has 2 heteroatoms. The average molecular weight is 171 g/mol. The maximum Gasteiger partial charge on any atom is 1.00 e. The SMILES string of the molecule is [CH3][Sn-]([CH3])[CH3].[Li+]. The summed E-state index contributed by atoms with van der Waals surface area (Å²) in [6.07, 6.45) is 0. The summed E-state index contributed by atoms with van der Waals surface area (Å²) >= 11 is -0.543. The van der Waals surface area contributed by atoms with E-state index < -0.39 is 19.8 Å². The fourth-order valence-electron chi connectivity index (χ4n) is 0. The molecule has 0 saturated heterocycles. The first-order valence-electron chi connectivity index (χ1n) is 1.50. The molecule has 0 fully saturated rings. The van der Waals surface area contributed by atoms with Crippen LogP contribution in [0.3, 0.4) is 0 Å². The van der Waals surface area contributed by atoms with Gasteiger partial charge in [0.05, 0.1) is 0 Å². The van der Waals surface area contributed by atoms with Crippen LogP contribution in [0.25, 0.3) is 0 Å². The summed E-state index contributed by atoms with van der Waals surface area (Å²) in [5, 5.41) is 0. The standard InChI is InChI=1S/3CH3.Li.Sn/h3*1H3;;/q;;;+1;-1. The van der Waals surface area contributed by atoms with Crippen LogP contribution in [0.2, 0.25) is 14.8 Å². The summed E-state index contributed by atoms with van der Waals surface area (Å²) in [6, 6.07) is 0. The Hall–Kier alpha value is 1.40. The molecule has 0 aromatic carbocycles. The average Bonchev–Trinajstić information content (AvgIpc) is 0.811. The Balaban J connectivity index is 0. The van der Waals surface area contributed by atoms with Crippen molar-refractivity contribution in [1.29, 1.82) is 0 Å². The number of rotatable bonds is 0. The van der Waals surface area contributed by atoms with Gasteiger partial charge in [-0.1, -0.05) is 0 Å². The van der Waals surface area contributed by atoms with E-state index in [1.54, 1.807) is 0 Å². The summed E-state index contributed by atoms with van der Waals surface area (Å²) in [5.41, 5.74) is 0. The second-order valence-corrected chi connectivity index (χ2v) is 10.1. The molecule has 0 aliphatic rings. The normalized spacial score (nSPS) is 7.20. The molecular weight excluding hydrogens is 162 g/mol. The first-order valence-corrected chi connectivity index (χ1v) is 10.1. The van der Waals surface area contributed by atoms with Gasteiger partial charge in [-0.05, 0) is 0 Å². The molecule has 0 N–H and O–H groups in total. The van der Waals surface area contributed by atoms with Gasteiger partial charge in [0.1, 0.15) is 0 Å². The van der Waals surface area contributed by atoms with Crippen LogP contribution < -0.4 is 18.9 Å². The van der Waals surface area contributed by atoms with Gasteiger partial charge in [-0.15, -0.1) is 0 Å². The van der Waals surface area contributed by atoms with Gasteiger partial charge in [0, 0.05) is 0 Å². The Labute approximate surface area is 53.2 Å². The van der Waals surface area contributed by atoms with Crippen LogP contribution in [0.4, 0.5) is 0 Å². The third kappa shape index (κ3) is 31.9. The minimum absolute atomic E-state index is 0. The Morgan fingerprint density at radius 3 is 1.00 bits per heavy atom. The first-order chi connectivity index (χ1) is 1.73. The third-order valence-electron chi connectivity index (χ3n) is 0. The van der Waals surface area contributed by atoms with Gasteiger partial charge < -0.3 is 0 Å². The van der Waals surface area contributed by atoms with Crippen molar-refractivity contribution in [2.24, 2.45) is 0 Å². The van der Waals surface area contributed by atoms with Crippen LogP contribution in [-0.4, -0.2) is 19.8 Å². The molecule has 0 bridgehead atoms. The molecule has 0 amide bonds. The molecule has 5 heavy (non-hydrogen) atoms. The van der Waals surface area contributed by atoms with Crippen LogP contribution in [0.5, 0.6) is 0 Å². The van der Waals surface area contributed by atoms with Crippen molar-refractivity contribution in [3.05, 3.63) is 0 Å². The van der Waals surface area contributed by atoms with Gasteiger partial charge in [0.2, 0.25) is 0 Å². The van der Waals surface area contributed by atoms with Gasteiger partial charge in [0.25, 0.3) is 0 Å². The van der Waals surface area contributed by atoms with E-state index >= 15 is 0 Å². The molecule has 26 valence electrons. The molecule has 0 heterocycles. The topological polar surface area (TPSA) is 0 Å². The molecular formula is C3H9LiSn. The quantitative estimate of drug-likeness (QED) is 0.384. The summed E-state index contributed by atoms with van der Waals surface area (Å²) < 4.78 is 0. The van der Waals surface area contributed by atoms with Crippen LogP contribution in [0.1, 0.15) is 0 Å². The number of hydrogen-bond acceptors (Lipinski definition) is 0. The van der Waals surface area contributed by atoms with E-state index in [0.717, 1.165) is 0 Å². The number of hydrogen-bond donors (Lipinski definition) is 0. The Morgan fingerprint density at radius 2 is 1.00 bits per heavy atom. The van der Waals surface area contributed by atoms with Gasteiger partial charge >= 0.3 is 53.4 Å². The molecule has 0 unspecified atom stereocenters. The van der Waals surface area contributed by atoms with Crippen molar-refractivity contribution in [3.63, 3.8) is 0 Å². The molecule has 0 nitrogen and oxygen atoms in total. The Morgan fingerprint density at radius 1 is 1.00 bits per heavy atom. The first kappa shape index (κ1) is 9.64. The Kier molecular flexibility index (Phi) is 10.4. The van der Waals surface area contributed by atoms with E-state index in [0.29, 0.717) is 0 Å². The second kappa shape index (κ2) is 5.40. The molecule has 0 radical (unpaired) electrons. The zero-order chi connectivity index (χ0) is 3.58. The summed E-state index contributed by atoms with van der Waals surface area (Å²) in [7, 11) is 0. The molecule has 0 atom stereocenters. The maximum absolute atomic E-state index is 2.36. The van der Waals surface area contributed by atoms with E-state index in [1.807, 2.05) is 0 Å². The van der Waals surface area contributed by atoms with Crippen molar-refractivity contribution in [3.8, 4) is 0 Å². The van der Waals surface area contributed by atoms with Crippen LogP contribution in [0, 0.1) is 0 Å². The molecule has 0 aromatic rings. The molecule has 0 spiro atoms. The third-order valence-corrected chi connectivity index (χ3v) is 0. The van der Waals surface area contributed by atoms with Crippen molar-refractivity contribution >= 4 is 19.8 Å². The maximum atomic E-state index is 2.36. The zero-order valence-electron chi connectivity index (χ0n) is 4.50. The van der Waals surface area contributed by atoms with Crippen molar-refractivity contribution in [2.75, 3.05) is 0 Å². The molecule has 0 rings (SSSR count). The van der Waals surface area contributed by atoms with Crippen LogP contribution in [0.15, 0.2) is 0 Å². The van der Waals surface area contributed by atoms with E-state index in [-0.39, 0.29) is 18.9 Å². The predicted octanol–water partition coefficient (Wildman–Crippen LogP) is -1.63. The van der Waals surface area contributed by atoms with Crippen molar-refractivity contribution < 1.29 is 18.9 Å². The smallest absolute Gasteiger partial charge is 1.00 e. The molecule has 0 saturated carbocycles. The van der Waals surface area contributed by atoms with Gasteiger partial charge in [-0.25, -0.2) is 0 Å². The minimum atomic E-state index is -0.543. The van der Waals surface area contributed by atoms with Gasteiger partial charge in [-0.3, -0.25) is 0 Å². The zero-order valence-corrected chi connectivity index (χ0v) is 7.35. The summed E-state index contributed by atoms with van der Waals surface area (Å²) in [5.74, 6) is 0. The van der Waals surface area contributed by atoms with Crippen molar-refractivity contribution in [2.45, 2.75) is 14.8 Å². The monoisotopic (exact) mass is 172 g/mol. The molecule has 0 aliphatic carbocycles. The molecule has 0 aliphatic heterocycles. The summed E-state index contributed by atoms with van der Waals surface area (Å²) in [4.78, 5) is 7.09. The predicted molar refractivity (Wildman–Crippen MR) is 23.3 cm³/mol. The molecule has 0 aromatic heterocycles.